The van der Waals surface area contributed by atoms with Crippen molar-refractivity contribution in [1.82, 2.24) is 15.2 Å². The minimum atomic E-state index is 0.0309. The predicted molar refractivity (Wildman–Crippen MR) is 80.2 cm³/mol. The first-order chi connectivity index (χ1) is 9.70. The SMILES string of the molecule is Cn1ncc(Cl)c1C(NN)C1CCc2ccccc2C1. The van der Waals surface area contributed by atoms with Crippen LogP contribution in [0.3, 0.4) is 0 Å². The molecule has 5 heteroatoms. The lowest BCUT2D eigenvalue weighted by Crippen LogP contribution is -2.37. The lowest BCUT2D eigenvalue weighted by molar-refractivity contribution is 0.316. The third kappa shape index (κ3) is 2.35. The van der Waals surface area contributed by atoms with Crippen LogP contribution in [0.1, 0.15) is 29.3 Å². The first-order valence-corrected chi connectivity index (χ1v) is 7.28. The standard InChI is InChI=1S/C15H19ClN4/c1-20-15(13(16)9-18-20)14(19-17)12-7-6-10-4-2-3-5-11(10)8-12/h2-5,9,12,14,19H,6-8,17H2,1H3. The molecule has 106 valence electrons. The fourth-order valence-corrected chi connectivity index (χ4v) is 3.50. The van der Waals surface area contributed by atoms with Crippen LogP contribution in [0.2, 0.25) is 5.02 Å². The lowest BCUT2D eigenvalue weighted by Gasteiger charge is -2.31. The molecule has 0 spiro atoms. The molecule has 1 heterocycles. The molecule has 0 bridgehead atoms. The molecule has 0 saturated carbocycles. The van der Waals surface area contributed by atoms with Crippen molar-refractivity contribution < 1.29 is 0 Å². The summed E-state index contributed by atoms with van der Waals surface area (Å²) in [6.07, 6.45) is 4.90. The van der Waals surface area contributed by atoms with Crippen molar-refractivity contribution in [3.8, 4) is 0 Å². The van der Waals surface area contributed by atoms with Crippen molar-refractivity contribution in [2.75, 3.05) is 0 Å². The van der Waals surface area contributed by atoms with Gasteiger partial charge in [0.15, 0.2) is 0 Å². The molecule has 0 radical (unpaired) electrons. The van der Waals surface area contributed by atoms with Crippen molar-refractivity contribution in [3.63, 3.8) is 0 Å². The number of aromatic nitrogens is 2. The lowest BCUT2D eigenvalue weighted by atomic mass is 9.79. The van der Waals surface area contributed by atoms with Crippen molar-refractivity contribution in [2.24, 2.45) is 18.8 Å². The molecule has 3 N–H and O–H groups in total. The van der Waals surface area contributed by atoms with Gasteiger partial charge in [-0.25, -0.2) is 0 Å². The zero-order valence-electron chi connectivity index (χ0n) is 11.5. The van der Waals surface area contributed by atoms with E-state index in [2.05, 4.69) is 34.8 Å². The van der Waals surface area contributed by atoms with Crippen LogP contribution in [0.4, 0.5) is 0 Å². The van der Waals surface area contributed by atoms with Gasteiger partial charge in [-0.05, 0) is 36.3 Å². The van der Waals surface area contributed by atoms with Crippen molar-refractivity contribution in [3.05, 3.63) is 52.3 Å². The highest BCUT2D eigenvalue weighted by molar-refractivity contribution is 6.31. The van der Waals surface area contributed by atoms with E-state index < -0.39 is 0 Å². The molecule has 2 unspecified atom stereocenters. The number of fused-ring (bicyclic) bond motifs is 1. The fraction of sp³-hybridized carbons (Fsp3) is 0.400. The number of benzene rings is 1. The molecule has 1 aliphatic carbocycles. The van der Waals surface area contributed by atoms with E-state index in [9.17, 15) is 0 Å². The second-order valence-electron chi connectivity index (χ2n) is 5.42. The number of hydrogen-bond donors (Lipinski definition) is 2. The molecule has 0 fully saturated rings. The highest BCUT2D eigenvalue weighted by Gasteiger charge is 2.30. The Morgan fingerprint density at radius 3 is 2.80 bits per heavy atom. The van der Waals surface area contributed by atoms with Crippen LogP contribution in [0, 0.1) is 5.92 Å². The van der Waals surface area contributed by atoms with Gasteiger partial charge in [-0.3, -0.25) is 16.0 Å². The molecule has 0 aliphatic heterocycles. The Morgan fingerprint density at radius 1 is 1.40 bits per heavy atom. The quantitative estimate of drug-likeness (QED) is 0.674. The summed E-state index contributed by atoms with van der Waals surface area (Å²) in [5, 5.41) is 4.89. The third-order valence-corrected chi connectivity index (χ3v) is 4.56. The number of hydrazine groups is 1. The molecule has 1 aromatic heterocycles. The number of halogens is 1. The second kappa shape index (κ2) is 5.56. The maximum absolute atomic E-state index is 6.26. The van der Waals surface area contributed by atoms with Gasteiger partial charge in [0.25, 0.3) is 0 Å². The van der Waals surface area contributed by atoms with E-state index in [1.807, 2.05) is 11.7 Å². The van der Waals surface area contributed by atoms with Crippen LogP contribution in [0.15, 0.2) is 30.5 Å². The Bertz CT molecular complexity index is 588. The first kappa shape index (κ1) is 13.6. The van der Waals surface area contributed by atoms with Crippen LogP contribution in [-0.4, -0.2) is 9.78 Å². The van der Waals surface area contributed by atoms with Crippen LogP contribution < -0.4 is 11.3 Å². The van der Waals surface area contributed by atoms with Crippen LogP contribution in [0.5, 0.6) is 0 Å². The molecule has 2 aromatic rings. The van der Waals surface area contributed by atoms with Crippen LogP contribution in [0.25, 0.3) is 0 Å². The topological polar surface area (TPSA) is 55.9 Å². The maximum Gasteiger partial charge on any atom is 0.0834 e. The minimum Gasteiger partial charge on any atom is -0.271 e. The number of nitrogens with one attached hydrogen (secondary N) is 1. The van der Waals surface area contributed by atoms with Gasteiger partial charge in [0.05, 0.1) is 23.0 Å². The third-order valence-electron chi connectivity index (χ3n) is 4.27. The average Bonchev–Trinajstić information content (AvgIpc) is 2.80. The summed E-state index contributed by atoms with van der Waals surface area (Å²) >= 11 is 6.26. The summed E-state index contributed by atoms with van der Waals surface area (Å²) < 4.78 is 1.81. The number of nitrogens with two attached hydrogens (primary N) is 1. The number of hydrogen-bond acceptors (Lipinski definition) is 3. The summed E-state index contributed by atoms with van der Waals surface area (Å²) in [6, 6.07) is 8.66. The number of rotatable bonds is 3. The van der Waals surface area contributed by atoms with Crippen LogP contribution in [-0.2, 0) is 19.9 Å². The Morgan fingerprint density at radius 2 is 2.15 bits per heavy atom. The Hall–Kier alpha value is -1.36. The minimum absolute atomic E-state index is 0.0309. The van der Waals surface area contributed by atoms with E-state index in [1.165, 1.54) is 11.1 Å². The highest BCUT2D eigenvalue weighted by atomic mass is 35.5. The summed E-state index contributed by atoms with van der Waals surface area (Å²) in [6.45, 7) is 0. The maximum atomic E-state index is 6.26. The smallest absolute Gasteiger partial charge is 0.0834 e. The van der Waals surface area contributed by atoms with Gasteiger partial charge in [-0.2, -0.15) is 5.10 Å². The van der Waals surface area contributed by atoms with Crippen molar-refractivity contribution in [1.29, 1.82) is 0 Å². The number of aryl methyl sites for hydroxylation is 2. The molecule has 3 rings (SSSR count). The van der Waals surface area contributed by atoms with Gasteiger partial charge < -0.3 is 0 Å². The summed E-state index contributed by atoms with van der Waals surface area (Å²) in [5.41, 5.74) is 6.79. The molecule has 2 atom stereocenters. The van der Waals surface area contributed by atoms with E-state index >= 15 is 0 Å². The fourth-order valence-electron chi connectivity index (χ4n) is 3.22. The van der Waals surface area contributed by atoms with E-state index in [-0.39, 0.29) is 6.04 Å². The zero-order valence-corrected chi connectivity index (χ0v) is 12.3. The number of nitrogens with zero attached hydrogens (tertiary/aromatic N) is 2. The summed E-state index contributed by atoms with van der Waals surface area (Å²) in [5.74, 6) is 6.24. The molecule has 4 nitrogen and oxygen atoms in total. The molecule has 1 aromatic carbocycles. The van der Waals surface area contributed by atoms with Gasteiger partial charge in [0, 0.05) is 7.05 Å². The first-order valence-electron chi connectivity index (χ1n) is 6.91. The van der Waals surface area contributed by atoms with Gasteiger partial charge in [-0.15, -0.1) is 0 Å². The highest BCUT2D eigenvalue weighted by Crippen LogP contribution is 2.35. The predicted octanol–water partition coefficient (Wildman–Crippen LogP) is 2.38. The molecular formula is C15H19ClN4. The average molecular weight is 291 g/mol. The largest absolute Gasteiger partial charge is 0.271 e. The molecule has 0 saturated heterocycles. The molecule has 0 amide bonds. The Kier molecular flexibility index (Phi) is 3.78. The normalized spacial score (nSPS) is 19.6. The molecule has 1 aliphatic rings. The zero-order chi connectivity index (χ0) is 14.1. The van der Waals surface area contributed by atoms with Crippen LogP contribution >= 0.6 is 11.6 Å². The van der Waals surface area contributed by atoms with E-state index in [1.54, 1.807) is 6.20 Å². The molecule has 20 heavy (non-hydrogen) atoms. The van der Waals surface area contributed by atoms with Crippen molar-refractivity contribution >= 4 is 11.6 Å². The van der Waals surface area contributed by atoms with E-state index in [0.29, 0.717) is 10.9 Å². The molecular weight excluding hydrogens is 272 g/mol. The van der Waals surface area contributed by atoms with Crippen molar-refractivity contribution in [2.45, 2.75) is 25.3 Å². The van der Waals surface area contributed by atoms with E-state index in [4.69, 9.17) is 17.4 Å². The Labute approximate surface area is 123 Å². The van der Waals surface area contributed by atoms with Gasteiger partial charge >= 0.3 is 0 Å². The van der Waals surface area contributed by atoms with Gasteiger partial charge in [-0.1, -0.05) is 35.9 Å². The summed E-state index contributed by atoms with van der Waals surface area (Å²) in [4.78, 5) is 0. The Balaban J connectivity index is 1.89. The summed E-state index contributed by atoms with van der Waals surface area (Å²) in [7, 11) is 1.91. The van der Waals surface area contributed by atoms with Gasteiger partial charge in [0.1, 0.15) is 0 Å². The monoisotopic (exact) mass is 290 g/mol. The van der Waals surface area contributed by atoms with E-state index in [0.717, 1.165) is 25.0 Å². The van der Waals surface area contributed by atoms with Gasteiger partial charge in [0.2, 0.25) is 0 Å². The second-order valence-corrected chi connectivity index (χ2v) is 5.82.